The molecule has 3 rings (SSSR count). The predicted octanol–water partition coefficient (Wildman–Crippen LogP) is 3.96. The predicted molar refractivity (Wildman–Crippen MR) is 74.8 cm³/mol. The number of aromatic nitrogens is 1. The Hall–Kier alpha value is -2.00. The maximum absolute atomic E-state index is 12.5. The molecule has 0 spiro atoms. The molecular formula is C15H12ClNO2. The molecule has 0 amide bonds. The van der Waals surface area contributed by atoms with Crippen LogP contribution >= 0.6 is 11.6 Å². The van der Waals surface area contributed by atoms with Gasteiger partial charge in [-0.15, -0.1) is 0 Å². The fourth-order valence-corrected chi connectivity index (χ4v) is 2.47. The number of benzene rings is 1. The van der Waals surface area contributed by atoms with Crippen molar-refractivity contribution in [3.8, 4) is 0 Å². The van der Waals surface area contributed by atoms with Gasteiger partial charge in [0.2, 0.25) is 0 Å². The minimum absolute atomic E-state index is 0.0285. The number of hydrogen-bond donors (Lipinski definition) is 0. The topological polar surface area (TPSA) is 35.1 Å². The van der Waals surface area contributed by atoms with E-state index in [1.54, 1.807) is 19.1 Å². The van der Waals surface area contributed by atoms with Crippen molar-refractivity contribution in [2.24, 2.45) is 7.05 Å². The first-order chi connectivity index (χ1) is 9.08. The number of furan rings is 1. The molecule has 19 heavy (non-hydrogen) atoms. The van der Waals surface area contributed by atoms with E-state index in [-0.39, 0.29) is 5.78 Å². The summed E-state index contributed by atoms with van der Waals surface area (Å²) in [6.07, 6.45) is 3.36. The van der Waals surface area contributed by atoms with Gasteiger partial charge >= 0.3 is 0 Å². The highest BCUT2D eigenvalue weighted by molar-refractivity contribution is 6.31. The third kappa shape index (κ3) is 1.87. The van der Waals surface area contributed by atoms with Gasteiger partial charge in [0.05, 0.1) is 11.8 Å². The number of hydrogen-bond acceptors (Lipinski definition) is 2. The van der Waals surface area contributed by atoms with Crippen molar-refractivity contribution in [2.75, 3.05) is 0 Å². The summed E-state index contributed by atoms with van der Waals surface area (Å²) in [6.45, 7) is 1.79. The van der Waals surface area contributed by atoms with E-state index in [1.807, 2.05) is 29.9 Å². The van der Waals surface area contributed by atoms with Gasteiger partial charge in [-0.1, -0.05) is 17.7 Å². The third-order valence-electron chi connectivity index (χ3n) is 3.30. The molecule has 0 aliphatic rings. The van der Waals surface area contributed by atoms with Gasteiger partial charge in [0.25, 0.3) is 0 Å². The number of fused-ring (bicyclic) bond motifs is 1. The van der Waals surface area contributed by atoms with Crippen LogP contribution in [0.5, 0.6) is 0 Å². The number of rotatable bonds is 2. The van der Waals surface area contributed by atoms with E-state index in [0.29, 0.717) is 21.9 Å². The van der Waals surface area contributed by atoms with Gasteiger partial charge in [0.15, 0.2) is 5.78 Å². The molecule has 0 saturated carbocycles. The molecule has 2 heterocycles. The molecule has 0 atom stereocenters. The highest BCUT2D eigenvalue weighted by atomic mass is 35.5. The second kappa shape index (κ2) is 4.28. The number of aryl methyl sites for hydroxylation is 2. The van der Waals surface area contributed by atoms with Crippen molar-refractivity contribution in [1.29, 1.82) is 0 Å². The summed E-state index contributed by atoms with van der Waals surface area (Å²) in [5, 5.41) is 1.56. The van der Waals surface area contributed by atoms with Crippen LogP contribution in [0.4, 0.5) is 0 Å². The molecule has 0 bridgehead atoms. The van der Waals surface area contributed by atoms with Crippen LogP contribution in [0.2, 0.25) is 5.02 Å². The van der Waals surface area contributed by atoms with Gasteiger partial charge in [-0.2, -0.15) is 0 Å². The van der Waals surface area contributed by atoms with Crippen LogP contribution < -0.4 is 0 Å². The van der Waals surface area contributed by atoms with E-state index in [0.717, 1.165) is 10.9 Å². The molecule has 0 unspecified atom stereocenters. The molecule has 0 radical (unpaired) electrons. The molecule has 0 N–H and O–H groups in total. The lowest BCUT2D eigenvalue weighted by Gasteiger charge is -1.98. The lowest BCUT2D eigenvalue weighted by molar-refractivity contribution is 0.103. The average Bonchev–Trinajstić information content (AvgIpc) is 2.94. The maximum Gasteiger partial charge on any atom is 0.198 e. The van der Waals surface area contributed by atoms with Crippen LogP contribution in [-0.2, 0) is 7.05 Å². The molecule has 96 valence electrons. The van der Waals surface area contributed by atoms with Crippen LogP contribution in [0.15, 0.2) is 41.1 Å². The normalized spacial score (nSPS) is 11.1. The van der Waals surface area contributed by atoms with E-state index >= 15 is 0 Å². The zero-order valence-electron chi connectivity index (χ0n) is 10.6. The molecule has 1 aromatic carbocycles. The van der Waals surface area contributed by atoms with Crippen molar-refractivity contribution in [1.82, 2.24) is 4.57 Å². The zero-order valence-corrected chi connectivity index (χ0v) is 11.4. The summed E-state index contributed by atoms with van der Waals surface area (Å²) in [5.74, 6) is 0.607. The third-order valence-corrected chi connectivity index (χ3v) is 3.54. The first-order valence-corrected chi connectivity index (χ1v) is 6.29. The highest BCUT2D eigenvalue weighted by Gasteiger charge is 2.18. The number of ketones is 1. The Morgan fingerprint density at radius 1 is 1.26 bits per heavy atom. The second-order valence-electron chi connectivity index (χ2n) is 4.53. The van der Waals surface area contributed by atoms with Gasteiger partial charge in [0, 0.05) is 34.7 Å². The van der Waals surface area contributed by atoms with Gasteiger partial charge in [-0.25, -0.2) is 0 Å². The molecule has 0 aliphatic carbocycles. The molecule has 3 nitrogen and oxygen atoms in total. The maximum atomic E-state index is 12.5. The summed E-state index contributed by atoms with van der Waals surface area (Å²) in [6, 6.07) is 7.23. The fourth-order valence-electron chi connectivity index (χ4n) is 2.30. The smallest absolute Gasteiger partial charge is 0.198 e. The van der Waals surface area contributed by atoms with Gasteiger partial charge in [-0.05, 0) is 25.1 Å². The van der Waals surface area contributed by atoms with Crippen LogP contribution in [0.25, 0.3) is 10.9 Å². The summed E-state index contributed by atoms with van der Waals surface area (Å²) in [4.78, 5) is 12.5. The van der Waals surface area contributed by atoms with E-state index in [4.69, 9.17) is 16.0 Å². The molecule has 0 fully saturated rings. The van der Waals surface area contributed by atoms with Crippen molar-refractivity contribution in [2.45, 2.75) is 6.92 Å². The van der Waals surface area contributed by atoms with Crippen LogP contribution in [-0.4, -0.2) is 10.4 Å². The number of nitrogens with zero attached hydrogens (tertiary/aromatic N) is 1. The van der Waals surface area contributed by atoms with E-state index in [9.17, 15) is 4.79 Å². The van der Waals surface area contributed by atoms with Crippen molar-refractivity contribution < 1.29 is 9.21 Å². The Morgan fingerprint density at radius 3 is 2.74 bits per heavy atom. The Bertz CT molecular complexity index is 783. The van der Waals surface area contributed by atoms with Gasteiger partial charge in [-0.3, -0.25) is 4.79 Å². The Balaban J connectivity index is 2.21. The number of halogens is 1. The van der Waals surface area contributed by atoms with E-state index in [2.05, 4.69) is 0 Å². The molecular weight excluding hydrogens is 262 g/mol. The summed E-state index contributed by atoms with van der Waals surface area (Å²) in [7, 11) is 1.90. The Kier molecular flexibility index (Phi) is 2.72. The quantitative estimate of drug-likeness (QED) is 0.662. The second-order valence-corrected chi connectivity index (χ2v) is 4.97. The van der Waals surface area contributed by atoms with E-state index in [1.165, 1.54) is 6.26 Å². The van der Waals surface area contributed by atoms with Gasteiger partial charge < -0.3 is 8.98 Å². The van der Waals surface area contributed by atoms with E-state index < -0.39 is 0 Å². The number of carbonyl (C=O) groups excluding carboxylic acids is 1. The molecule has 2 aromatic heterocycles. The monoisotopic (exact) mass is 273 g/mol. The Morgan fingerprint density at radius 2 is 2.05 bits per heavy atom. The first-order valence-electron chi connectivity index (χ1n) is 5.91. The van der Waals surface area contributed by atoms with Gasteiger partial charge in [0.1, 0.15) is 5.76 Å². The van der Waals surface area contributed by atoms with Crippen LogP contribution in [0, 0.1) is 6.92 Å². The van der Waals surface area contributed by atoms with Crippen molar-refractivity contribution >= 4 is 28.3 Å². The molecule has 3 aromatic rings. The van der Waals surface area contributed by atoms with Crippen LogP contribution in [0.3, 0.4) is 0 Å². The lowest BCUT2D eigenvalue weighted by Crippen LogP contribution is -2.00. The number of carbonyl (C=O) groups is 1. The largest absolute Gasteiger partial charge is 0.469 e. The molecule has 0 saturated heterocycles. The van der Waals surface area contributed by atoms with Crippen LogP contribution in [0.1, 0.15) is 21.7 Å². The molecule has 4 heteroatoms. The van der Waals surface area contributed by atoms with Crippen molar-refractivity contribution in [3.63, 3.8) is 0 Å². The summed E-state index contributed by atoms with van der Waals surface area (Å²) < 4.78 is 7.10. The average molecular weight is 274 g/mol. The highest BCUT2D eigenvalue weighted by Crippen LogP contribution is 2.26. The summed E-state index contributed by atoms with van der Waals surface area (Å²) >= 11 is 5.99. The minimum atomic E-state index is -0.0285. The summed E-state index contributed by atoms with van der Waals surface area (Å²) in [5.41, 5.74) is 2.21. The zero-order chi connectivity index (χ0) is 13.6. The SMILES string of the molecule is Cc1occc1C(=O)c1cn(C)c2cc(Cl)ccc12. The molecule has 0 aliphatic heterocycles. The standard InChI is InChI=1S/C15H12ClNO2/c1-9-11(5-6-19-9)15(18)13-8-17(2)14-7-10(16)3-4-12(13)14/h3-8H,1-2H3. The lowest BCUT2D eigenvalue weighted by atomic mass is 10.0. The minimum Gasteiger partial charge on any atom is -0.469 e. The Labute approximate surface area is 115 Å². The van der Waals surface area contributed by atoms with Crippen molar-refractivity contribution in [3.05, 3.63) is 58.6 Å². The fraction of sp³-hybridized carbons (Fsp3) is 0.133. The first kappa shape index (κ1) is 12.1.